The van der Waals surface area contributed by atoms with Crippen LogP contribution in [0.4, 0.5) is 0 Å². The number of guanidine groups is 1. The molecule has 0 atom stereocenters. The van der Waals surface area contributed by atoms with Crippen molar-refractivity contribution in [2.24, 2.45) is 10.9 Å². The van der Waals surface area contributed by atoms with Crippen molar-refractivity contribution in [3.05, 3.63) is 0 Å². The molecule has 0 unspecified atom stereocenters. The molecule has 0 amide bonds. The largest absolute Gasteiger partial charge is 0.356 e. The van der Waals surface area contributed by atoms with Crippen LogP contribution in [-0.2, 0) is 9.84 Å². The van der Waals surface area contributed by atoms with E-state index in [0.29, 0.717) is 12.5 Å². The lowest BCUT2D eigenvalue weighted by molar-refractivity contribution is 0.472. The average Bonchev–Trinajstić information content (AvgIpc) is 2.93. The van der Waals surface area contributed by atoms with Gasteiger partial charge < -0.3 is 10.6 Å². The summed E-state index contributed by atoms with van der Waals surface area (Å²) in [5.74, 6) is 1.63. The van der Waals surface area contributed by atoms with Crippen molar-refractivity contribution in [3.8, 4) is 0 Å². The number of sulfone groups is 1. The van der Waals surface area contributed by atoms with Crippen LogP contribution >= 0.6 is 24.0 Å². The predicted molar refractivity (Wildman–Crippen MR) is 110 cm³/mol. The second-order valence-corrected chi connectivity index (χ2v) is 9.68. The molecule has 7 heteroatoms. The number of rotatable bonds is 8. The Labute approximate surface area is 159 Å². The first kappa shape index (κ1) is 22.9. The summed E-state index contributed by atoms with van der Waals surface area (Å²) in [4.78, 5) is 4.15. The van der Waals surface area contributed by atoms with Crippen LogP contribution in [0, 0.1) is 5.92 Å². The molecule has 0 spiro atoms. The Morgan fingerprint density at radius 3 is 2.30 bits per heavy atom. The van der Waals surface area contributed by atoms with Crippen LogP contribution in [0.15, 0.2) is 4.99 Å². The van der Waals surface area contributed by atoms with Crippen LogP contribution in [0.5, 0.6) is 0 Å². The van der Waals surface area contributed by atoms with E-state index in [1.54, 1.807) is 20.9 Å². The van der Waals surface area contributed by atoms with Crippen molar-refractivity contribution in [1.29, 1.82) is 0 Å². The first-order chi connectivity index (χ1) is 10.3. The third-order valence-corrected chi connectivity index (χ3v) is 6.87. The van der Waals surface area contributed by atoms with Crippen LogP contribution in [0.25, 0.3) is 0 Å². The van der Waals surface area contributed by atoms with Gasteiger partial charge in [-0.25, -0.2) is 8.42 Å². The molecular weight excluding hydrogens is 425 g/mol. The second-order valence-electron chi connectivity index (χ2n) is 7.03. The molecule has 1 aliphatic carbocycles. The van der Waals surface area contributed by atoms with Crippen molar-refractivity contribution in [3.63, 3.8) is 0 Å². The number of aliphatic imine (C=N–C) groups is 1. The minimum atomic E-state index is -3.09. The monoisotopic (exact) mass is 459 g/mol. The Kier molecular flexibility index (Phi) is 10.7. The van der Waals surface area contributed by atoms with Gasteiger partial charge in [-0.05, 0) is 26.2 Å². The van der Waals surface area contributed by atoms with Gasteiger partial charge in [-0.1, -0.05) is 38.5 Å². The fourth-order valence-electron chi connectivity index (χ4n) is 2.71. The summed E-state index contributed by atoms with van der Waals surface area (Å²) in [6, 6.07) is 0. The first-order valence-corrected chi connectivity index (χ1v) is 10.3. The molecule has 138 valence electrons. The molecule has 0 aromatic rings. The molecular formula is C16H34IN3O2S. The summed E-state index contributed by atoms with van der Waals surface area (Å²) in [5.41, 5.74) is 0. The molecule has 1 fully saturated rings. The van der Waals surface area contributed by atoms with Crippen molar-refractivity contribution < 1.29 is 8.42 Å². The Bertz CT molecular complexity index is 458. The standard InChI is InChI=1S/C16H33N3O2S.HI/c1-16(2,22(4,20)21)13-19-15(17-3)18-12-8-7-11-14-9-5-6-10-14;/h14H,5-13H2,1-4H3,(H2,17,18,19);1H. The van der Waals surface area contributed by atoms with E-state index >= 15 is 0 Å². The maximum atomic E-state index is 11.7. The zero-order valence-corrected chi connectivity index (χ0v) is 18.2. The molecule has 0 aliphatic heterocycles. The van der Waals surface area contributed by atoms with E-state index in [4.69, 9.17) is 0 Å². The zero-order valence-electron chi connectivity index (χ0n) is 15.0. The summed E-state index contributed by atoms with van der Waals surface area (Å²) >= 11 is 0. The van der Waals surface area contributed by atoms with Gasteiger partial charge in [-0.15, -0.1) is 24.0 Å². The zero-order chi connectivity index (χ0) is 16.6. The number of halogens is 1. The third-order valence-electron chi connectivity index (χ3n) is 4.72. The van der Waals surface area contributed by atoms with Crippen LogP contribution in [0.3, 0.4) is 0 Å². The van der Waals surface area contributed by atoms with Crippen molar-refractivity contribution in [1.82, 2.24) is 10.6 Å². The second kappa shape index (κ2) is 10.7. The first-order valence-electron chi connectivity index (χ1n) is 8.40. The fraction of sp³-hybridized carbons (Fsp3) is 0.938. The van der Waals surface area contributed by atoms with Gasteiger partial charge in [0.05, 0.1) is 4.75 Å². The number of nitrogens with zero attached hydrogens (tertiary/aromatic N) is 1. The van der Waals surface area contributed by atoms with Gasteiger partial charge in [-0.3, -0.25) is 4.99 Å². The molecule has 5 nitrogen and oxygen atoms in total. The van der Waals surface area contributed by atoms with E-state index in [1.807, 2.05) is 0 Å². The van der Waals surface area contributed by atoms with Gasteiger partial charge >= 0.3 is 0 Å². The molecule has 1 aliphatic rings. The highest BCUT2D eigenvalue weighted by molar-refractivity contribution is 14.0. The number of nitrogens with one attached hydrogen (secondary N) is 2. The van der Waals surface area contributed by atoms with Gasteiger partial charge in [-0.2, -0.15) is 0 Å². The predicted octanol–water partition coefficient (Wildman–Crippen LogP) is 2.95. The molecule has 2 N–H and O–H groups in total. The van der Waals surface area contributed by atoms with Crippen LogP contribution in [-0.4, -0.2) is 45.5 Å². The molecule has 0 saturated heterocycles. The molecule has 23 heavy (non-hydrogen) atoms. The lowest BCUT2D eigenvalue weighted by Crippen LogP contribution is -2.47. The fourth-order valence-corrected chi connectivity index (χ4v) is 3.05. The summed E-state index contributed by atoms with van der Waals surface area (Å²) in [6.07, 6.45) is 10.7. The molecule has 0 aromatic heterocycles. The molecule has 0 heterocycles. The minimum Gasteiger partial charge on any atom is -0.356 e. The quantitative estimate of drug-likeness (QED) is 0.254. The van der Waals surface area contributed by atoms with E-state index < -0.39 is 14.6 Å². The highest BCUT2D eigenvalue weighted by atomic mass is 127. The van der Waals surface area contributed by atoms with E-state index in [-0.39, 0.29) is 24.0 Å². The average molecular weight is 459 g/mol. The highest BCUT2D eigenvalue weighted by Gasteiger charge is 2.30. The molecule has 0 aromatic carbocycles. The van der Waals surface area contributed by atoms with Gasteiger partial charge in [0, 0.05) is 26.4 Å². The summed E-state index contributed by atoms with van der Waals surface area (Å²) in [5, 5.41) is 6.37. The lowest BCUT2D eigenvalue weighted by atomic mass is 10.0. The van der Waals surface area contributed by atoms with Crippen molar-refractivity contribution >= 4 is 39.8 Å². The topological polar surface area (TPSA) is 70.6 Å². The van der Waals surface area contributed by atoms with E-state index in [1.165, 1.54) is 44.8 Å². The summed E-state index contributed by atoms with van der Waals surface area (Å²) in [7, 11) is -1.38. The van der Waals surface area contributed by atoms with Gasteiger partial charge in [0.25, 0.3) is 0 Å². The van der Waals surface area contributed by atoms with E-state index in [2.05, 4.69) is 15.6 Å². The Balaban J connectivity index is 0.00000484. The normalized spacial score (nSPS) is 17.0. The summed E-state index contributed by atoms with van der Waals surface area (Å²) in [6.45, 7) is 4.69. The lowest BCUT2D eigenvalue weighted by Gasteiger charge is -2.24. The molecule has 1 saturated carbocycles. The highest BCUT2D eigenvalue weighted by Crippen LogP contribution is 2.28. The van der Waals surface area contributed by atoms with Crippen molar-refractivity contribution in [2.45, 2.75) is 63.5 Å². The molecule has 0 bridgehead atoms. The van der Waals surface area contributed by atoms with E-state index in [0.717, 1.165) is 18.9 Å². The van der Waals surface area contributed by atoms with Crippen LogP contribution < -0.4 is 10.6 Å². The Morgan fingerprint density at radius 2 is 1.78 bits per heavy atom. The van der Waals surface area contributed by atoms with Crippen LogP contribution in [0.2, 0.25) is 0 Å². The Morgan fingerprint density at radius 1 is 1.17 bits per heavy atom. The maximum Gasteiger partial charge on any atom is 0.191 e. The number of unbranched alkanes of at least 4 members (excludes halogenated alkanes) is 1. The molecule has 1 rings (SSSR count). The number of hydrogen-bond acceptors (Lipinski definition) is 3. The SMILES string of the molecule is CN=C(NCCCCC1CCCC1)NCC(C)(C)S(C)(=O)=O.I. The third kappa shape index (κ3) is 8.56. The van der Waals surface area contributed by atoms with Crippen molar-refractivity contribution in [2.75, 3.05) is 26.4 Å². The maximum absolute atomic E-state index is 11.7. The number of hydrogen-bond donors (Lipinski definition) is 2. The van der Waals surface area contributed by atoms with Gasteiger partial charge in [0.1, 0.15) is 0 Å². The smallest absolute Gasteiger partial charge is 0.191 e. The van der Waals surface area contributed by atoms with Crippen LogP contribution in [0.1, 0.15) is 58.8 Å². The Hall–Kier alpha value is -0.0500. The van der Waals surface area contributed by atoms with Gasteiger partial charge in [0.15, 0.2) is 15.8 Å². The summed E-state index contributed by atoms with van der Waals surface area (Å²) < 4.78 is 22.6. The van der Waals surface area contributed by atoms with E-state index in [9.17, 15) is 8.42 Å². The minimum absolute atomic E-state index is 0. The van der Waals surface area contributed by atoms with Gasteiger partial charge in [0.2, 0.25) is 0 Å². The molecule has 0 radical (unpaired) electrons.